The highest BCUT2D eigenvalue weighted by Gasteiger charge is 2.22. The van der Waals surface area contributed by atoms with Gasteiger partial charge in [0, 0.05) is 0 Å². The molecular formula is C21H25NO6S. The van der Waals surface area contributed by atoms with E-state index >= 15 is 0 Å². The Balaban J connectivity index is 2.21. The summed E-state index contributed by atoms with van der Waals surface area (Å²) in [4.78, 5) is 24.3. The second-order valence-electron chi connectivity index (χ2n) is 7.58. The molecular weight excluding hydrogens is 394 g/mol. The number of carbonyl (C=O) groups is 2. The van der Waals surface area contributed by atoms with Gasteiger partial charge < -0.3 is 9.47 Å². The Labute approximate surface area is 171 Å². The standard InChI is InChI=1S/C21H25NO6S/c1-14-10-11-15(2)18(12-14)29(25,26)22-17-9-7-6-8-16(17)20(24)27-13-19(23)28-21(3,4)5/h6-12,22H,13H2,1-5H3. The Morgan fingerprint density at radius 3 is 2.34 bits per heavy atom. The third-order valence-electron chi connectivity index (χ3n) is 3.77. The first-order valence-corrected chi connectivity index (χ1v) is 10.5. The highest BCUT2D eigenvalue weighted by atomic mass is 32.2. The highest BCUT2D eigenvalue weighted by molar-refractivity contribution is 7.92. The van der Waals surface area contributed by atoms with E-state index in [4.69, 9.17) is 9.47 Å². The fourth-order valence-corrected chi connectivity index (χ4v) is 3.93. The summed E-state index contributed by atoms with van der Waals surface area (Å²) in [6, 6.07) is 11.1. The molecule has 0 bridgehead atoms. The van der Waals surface area contributed by atoms with Crippen molar-refractivity contribution in [1.29, 1.82) is 0 Å². The number of nitrogens with one attached hydrogen (secondary N) is 1. The van der Waals surface area contributed by atoms with Crippen molar-refractivity contribution in [2.45, 2.75) is 45.1 Å². The molecule has 0 saturated carbocycles. The molecule has 156 valence electrons. The maximum absolute atomic E-state index is 12.8. The molecule has 0 aromatic heterocycles. The molecule has 0 aliphatic carbocycles. The predicted molar refractivity (Wildman–Crippen MR) is 109 cm³/mol. The molecule has 0 amide bonds. The van der Waals surface area contributed by atoms with Crippen LogP contribution in [0.1, 0.15) is 42.3 Å². The van der Waals surface area contributed by atoms with Gasteiger partial charge in [0.15, 0.2) is 6.61 Å². The van der Waals surface area contributed by atoms with Gasteiger partial charge in [0.25, 0.3) is 10.0 Å². The first kappa shape index (κ1) is 22.4. The molecule has 0 radical (unpaired) electrons. The molecule has 0 spiro atoms. The molecule has 0 unspecified atom stereocenters. The van der Waals surface area contributed by atoms with Crippen LogP contribution in [0.15, 0.2) is 47.4 Å². The van der Waals surface area contributed by atoms with Gasteiger partial charge in [0.1, 0.15) is 5.60 Å². The van der Waals surface area contributed by atoms with Gasteiger partial charge in [-0.1, -0.05) is 24.3 Å². The minimum atomic E-state index is -3.93. The van der Waals surface area contributed by atoms with Crippen molar-refractivity contribution in [2.24, 2.45) is 0 Å². The average molecular weight is 419 g/mol. The quantitative estimate of drug-likeness (QED) is 0.718. The summed E-state index contributed by atoms with van der Waals surface area (Å²) in [5, 5.41) is 0. The summed E-state index contributed by atoms with van der Waals surface area (Å²) in [5.41, 5.74) is 0.713. The summed E-state index contributed by atoms with van der Waals surface area (Å²) in [5.74, 6) is -1.53. The number of anilines is 1. The van der Waals surface area contributed by atoms with Gasteiger partial charge in [0.2, 0.25) is 0 Å². The SMILES string of the molecule is Cc1ccc(C)c(S(=O)(=O)Nc2ccccc2C(=O)OCC(=O)OC(C)(C)C)c1. The van der Waals surface area contributed by atoms with Crippen molar-refractivity contribution in [3.05, 3.63) is 59.2 Å². The van der Waals surface area contributed by atoms with Gasteiger partial charge in [-0.15, -0.1) is 0 Å². The van der Waals surface area contributed by atoms with Crippen molar-refractivity contribution in [3.63, 3.8) is 0 Å². The minimum absolute atomic E-state index is 0.00932. The molecule has 0 fully saturated rings. The van der Waals surface area contributed by atoms with E-state index in [-0.39, 0.29) is 16.1 Å². The number of benzene rings is 2. The third-order valence-corrected chi connectivity index (χ3v) is 5.27. The van der Waals surface area contributed by atoms with Crippen LogP contribution in [0.2, 0.25) is 0 Å². The second kappa shape index (κ2) is 8.65. The maximum Gasteiger partial charge on any atom is 0.344 e. The van der Waals surface area contributed by atoms with E-state index in [0.29, 0.717) is 5.56 Å². The highest BCUT2D eigenvalue weighted by Crippen LogP contribution is 2.23. The van der Waals surface area contributed by atoms with E-state index in [1.165, 1.54) is 12.1 Å². The van der Waals surface area contributed by atoms with Crippen molar-refractivity contribution in [2.75, 3.05) is 11.3 Å². The van der Waals surface area contributed by atoms with Crippen molar-refractivity contribution >= 4 is 27.6 Å². The number of sulfonamides is 1. The minimum Gasteiger partial charge on any atom is -0.457 e. The lowest BCUT2D eigenvalue weighted by molar-refractivity contribution is -0.158. The van der Waals surface area contributed by atoms with E-state index in [1.807, 2.05) is 6.07 Å². The first-order valence-electron chi connectivity index (χ1n) is 8.97. The molecule has 2 rings (SSSR count). The normalized spacial score (nSPS) is 11.6. The summed E-state index contributed by atoms with van der Waals surface area (Å²) in [6.45, 7) is 8.00. The average Bonchev–Trinajstić information content (AvgIpc) is 2.60. The molecule has 0 aliphatic heterocycles. The van der Waals surface area contributed by atoms with E-state index in [0.717, 1.165) is 5.56 Å². The number of aryl methyl sites for hydroxylation is 2. The van der Waals surface area contributed by atoms with Crippen LogP contribution < -0.4 is 4.72 Å². The Morgan fingerprint density at radius 1 is 1.03 bits per heavy atom. The molecule has 1 N–H and O–H groups in total. The number of para-hydroxylation sites is 1. The van der Waals surface area contributed by atoms with Gasteiger partial charge in [0.05, 0.1) is 16.1 Å². The van der Waals surface area contributed by atoms with Gasteiger partial charge >= 0.3 is 11.9 Å². The summed E-state index contributed by atoms with van der Waals surface area (Å²) in [7, 11) is -3.93. The predicted octanol–water partition coefficient (Wildman–Crippen LogP) is 3.60. The van der Waals surface area contributed by atoms with Crippen molar-refractivity contribution in [3.8, 4) is 0 Å². The summed E-state index contributed by atoms with van der Waals surface area (Å²) >= 11 is 0. The number of hydrogen-bond acceptors (Lipinski definition) is 6. The van der Waals surface area contributed by atoms with E-state index in [2.05, 4.69) is 4.72 Å². The van der Waals surface area contributed by atoms with Gasteiger partial charge in [-0.25, -0.2) is 18.0 Å². The van der Waals surface area contributed by atoms with E-state index in [9.17, 15) is 18.0 Å². The molecule has 0 atom stereocenters. The maximum atomic E-state index is 12.8. The molecule has 29 heavy (non-hydrogen) atoms. The van der Waals surface area contributed by atoms with Crippen LogP contribution in [0.3, 0.4) is 0 Å². The van der Waals surface area contributed by atoms with Crippen LogP contribution in [0.4, 0.5) is 5.69 Å². The zero-order valence-electron chi connectivity index (χ0n) is 17.1. The molecule has 7 nitrogen and oxygen atoms in total. The fourth-order valence-electron chi connectivity index (χ4n) is 2.52. The first-order chi connectivity index (χ1) is 13.4. The van der Waals surface area contributed by atoms with E-state index < -0.39 is 34.2 Å². The summed E-state index contributed by atoms with van der Waals surface area (Å²) < 4.78 is 38.2. The van der Waals surface area contributed by atoms with Gasteiger partial charge in [-0.2, -0.15) is 0 Å². The van der Waals surface area contributed by atoms with Crippen molar-refractivity contribution in [1.82, 2.24) is 0 Å². The Bertz CT molecular complexity index is 1020. The topological polar surface area (TPSA) is 98.8 Å². The number of carbonyl (C=O) groups excluding carboxylic acids is 2. The number of hydrogen-bond donors (Lipinski definition) is 1. The van der Waals surface area contributed by atoms with Crippen molar-refractivity contribution < 1.29 is 27.5 Å². The second-order valence-corrected chi connectivity index (χ2v) is 9.23. The molecule has 0 saturated heterocycles. The zero-order chi connectivity index (χ0) is 21.8. The van der Waals surface area contributed by atoms with Crippen LogP contribution in [0.25, 0.3) is 0 Å². The van der Waals surface area contributed by atoms with Crippen LogP contribution >= 0.6 is 0 Å². The molecule has 8 heteroatoms. The lowest BCUT2D eigenvalue weighted by Crippen LogP contribution is -2.27. The Hall–Kier alpha value is -2.87. The number of ether oxygens (including phenoxy) is 2. The molecule has 2 aromatic rings. The van der Waals surface area contributed by atoms with E-state index in [1.54, 1.807) is 58.9 Å². The number of esters is 2. The molecule has 0 heterocycles. The molecule has 0 aliphatic rings. The van der Waals surface area contributed by atoms with Gasteiger partial charge in [-0.05, 0) is 63.9 Å². The number of rotatable bonds is 6. The lowest BCUT2D eigenvalue weighted by atomic mass is 10.2. The lowest BCUT2D eigenvalue weighted by Gasteiger charge is -2.19. The van der Waals surface area contributed by atoms with Crippen LogP contribution in [0, 0.1) is 13.8 Å². The third kappa shape index (κ3) is 6.32. The largest absolute Gasteiger partial charge is 0.457 e. The Kier molecular flexibility index (Phi) is 6.69. The van der Waals surface area contributed by atoms with Crippen LogP contribution in [-0.2, 0) is 24.3 Å². The molecule has 2 aromatic carbocycles. The monoisotopic (exact) mass is 419 g/mol. The van der Waals surface area contributed by atoms with Crippen LogP contribution in [0.5, 0.6) is 0 Å². The van der Waals surface area contributed by atoms with Gasteiger partial charge in [-0.3, -0.25) is 4.72 Å². The zero-order valence-corrected chi connectivity index (χ0v) is 17.9. The van der Waals surface area contributed by atoms with Crippen LogP contribution in [-0.4, -0.2) is 32.6 Å². The fraction of sp³-hybridized carbons (Fsp3) is 0.333. The summed E-state index contributed by atoms with van der Waals surface area (Å²) in [6.07, 6.45) is 0. The smallest absolute Gasteiger partial charge is 0.344 e. The Morgan fingerprint density at radius 2 is 1.69 bits per heavy atom.